The highest BCUT2D eigenvalue weighted by Crippen LogP contribution is 2.08. The molecule has 0 heterocycles. The third kappa shape index (κ3) is 7.77. The first-order valence-corrected chi connectivity index (χ1v) is 8.13. The third-order valence-electron chi connectivity index (χ3n) is 3.46. The van der Waals surface area contributed by atoms with Crippen LogP contribution in [0.2, 0.25) is 0 Å². The Balaban J connectivity index is 2.02. The van der Waals surface area contributed by atoms with Gasteiger partial charge < -0.3 is 4.74 Å². The highest BCUT2D eigenvalue weighted by atomic mass is 16.5. The van der Waals surface area contributed by atoms with Crippen molar-refractivity contribution in [3.63, 3.8) is 0 Å². The fraction of sp³-hybridized carbons (Fsp3) is 0.474. The zero-order valence-electron chi connectivity index (χ0n) is 13.4. The minimum Gasteiger partial charge on any atom is -0.460 e. The molecular formula is C19H26O3. The van der Waals surface area contributed by atoms with Crippen LogP contribution in [0.15, 0.2) is 42.5 Å². The molecular weight excluding hydrogens is 276 g/mol. The maximum Gasteiger partial charge on any atom is 0.379 e. The topological polar surface area (TPSA) is 43.4 Å². The van der Waals surface area contributed by atoms with Crippen molar-refractivity contribution in [3.8, 4) is 0 Å². The van der Waals surface area contributed by atoms with Crippen LogP contribution in [0.25, 0.3) is 0 Å². The van der Waals surface area contributed by atoms with Crippen LogP contribution in [0.4, 0.5) is 0 Å². The first kappa shape index (κ1) is 18.1. The molecule has 1 aromatic carbocycles. The lowest BCUT2D eigenvalue weighted by Gasteiger charge is -2.04. The Kier molecular flexibility index (Phi) is 9.67. The predicted octanol–water partition coefficient (Wildman–Crippen LogP) is 4.72. The van der Waals surface area contributed by atoms with Gasteiger partial charge in [0.05, 0.1) is 6.61 Å². The van der Waals surface area contributed by atoms with Crippen LogP contribution in [-0.2, 0) is 9.53 Å². The number of ether oxygens (including phenoxy) is 1. The minimum atomic E-state index is -0.752. The second-order valence-corrected chi connectivity index (χ2v) is 5.31. The van der Waals surface area contributed by atoms with Crippen molar-refractivity contribution < 1.29 is 14.3 Å². The number of ketones is 1. The zero-order valence-corrected chi connectivity index (χ0v) is 13.4. The van der Waals surface area contributed by atoms with Crippen molar-refractivity contribution in [1.82, 2.24) is 0 Å². The summed E-state index contributed by atoms with van der Waals surface area (Å²) in [7, 11) is 0. The third-order valence-corrected chi connectivity index (χ3v) is 3.46. The standard InChI is InChI=1S/C19H26O3/c1-2-3-4-5-6-7-8-9-13-16-22-19(21)18(20)17-14-11-10-12-15-17/h2-3,10-12,14-15H,4-9,13,16H2,1H3/b3-2+. The van der Waals surface area contributed by atoms with E-state index in [4.69, 9.17) is 4.74 Å². The zero-order chi connectivity index (χ0) is 16.0. The SMILES string of the molecule is C/C=C/CCCCCCCCOC(=O)C(=O)c1ccccc1. The number of Topliss-reactive ketones (excluding diaryl/α,β-unsaturated/α-hetero) is 1. The van der Waals surface area contributed by atoms with Gasteiger partial charge in [-0.05, 0) is 26.2 Å². The molecule has 0 fully saturated rings. The summed E-state index contributed by atoms with van der Waals surface area (Å²) < 4.78 is 5.02. The molecule has 0 spiro atoms. The number of allylic oxidation sites excluding steroid dienone is 2. The van der Waals surface area contributed by atoms with E-state index in [0.29, 0.717) is 12.2 Å². The van der Waals surface area contributed by atoms with Crippen molar-refractivity contribution in [2.24, 2.45) is 0 Å². The number of rotatable bonds is 11. The fourth-order valence-corrected chi connectivity index (χ4v) is 2.18. The first-order chi connectivity index (χ1) is 10.8. The van der Waals surface area contributed by atoms with Gasteiger partial charge >= 0.3 is 5.97 Å². The van der Waals surface area contributed by atoms with Crippen molar-refractivity contribution in [3.05, 3.63) is 48.0 Å². The molecule has 0 aliphatic carbocycles. The van der Waals surface area contributed by atoms with Gasteiger partial charge in [-0.25, -0.2) is 4.79 Å². The second kappa shape index (κ2) is 11.7. The van der Waals surface area contributed by atoms with Crippen LogP contribution in [0, 0.1) is 0 Å². The summed E-state index contributed by atoms with van der Waals surface area (Å²) in [6.07, 6.45) is 12.2. The number of hydrogen-bond donors (Lipinski definition) is 0. The summed E-state index contributed by atoms with van der Waals surface area (Å²) in [5.41, 5.74) is 0.383. The molecule has 0 aromatic heterocycles. The van der Waals surface area contributed by atoms with Crippen LogP contribution in [0.1, 0.15) is 62.2 Å². The molecule has 0 bridgehead atoms. The normalized spacial score (nSPS) is 10.8. The fourth-order valence-electron chi connectivity index (χ4n) is 2.18. The predicted molar refractivity (Wildman–Crippen MR) is 88.9 cm³/mol. The number of hydrogen-bond acceptors (Lipinski definition) is 3. The molecule has 0 aliphatic rings. The summed E-state index contributed by atoms with van der Waals surface area (Å²) in [6, 6.07) is 8.52. The van der Waals surface area contributed by atoms with Crippen LogP contribution < -0.4 is 0 Å². The Morgan fingerprint density at radius 2 is 1.59 bits per heavy atom. The molecule has 0 N–H and O–H groups in total. The molecule has 0 saturated heterocycles. The maximum absolute atomic E-state index is 11.8. The van der Waals surface area contributed by atoms with Crippen LogP contribution in [0.5, 0.6) is 0 Å². The van der Waals surface area contributed by atoms with E-state index < -0.39 is 11.8 Å². The molecule has 0 amide bonds. The summed E-state index contributed by atoms with van der Waals surface area (Å²) >= 11 is 0. The van der Waals surface area contributed by atoms with Crippen LogP contribution in [0.3, 0.4) is 0 Å². The molecule has 0 unspecified atom stereocenters. The van der Waals surface area contributed by atoms with E-state index >= 15 is 0 Å². The smallest absolute Gasteiger partial charge is 0.379 e. The first-order valence-electron chi connectivity index (χ1n) is 8.13. The van der Waals surface area contributed by atoms with E-state index in [0.717, 1.165) is 25.7 Å². The highest BCUT2D eigenvalue weighted by molar-refractivity contribution is 6.40. The maximum atomic E-state index is 11.8. The lowest BCUT2D eigenvalue weighted by molar-refractivity contribution is -0.138. The van der Waals surface area contributed by atoms with Crippen molar-refractivity contribution >= 4 is 11.8 Å². The summed E-state index contributed by atoms with van der Waals surface area (Å²) in [5, 5.41) is 0. The molecule has 0 saturated carbocycles. The van der Waals surface area contributed by atoms with Gasteiger partial charge in [0.15, 0.2) is 0 Å². The second-order valence-electron chi connectivity index (χ2n) is 5.31. The summed E-state index contributed by atoms with van der Waals surface area (Å²) in [5.74, 6) is -1.32. The average molecular weight is 302 g/mol. The lowest BCUT2D eigenvalue weighted by atomic mass is 10.1. The van der Waals surface area contributed by atoms with Gasteiger partial charge in [-0.15, -0.1) is 0 Å². The average Bonchev–Trinajstić information content (AvgIpc) is 2.56. The lowest BCUT2D eigenvalue weighted by Crippen LogP contribution is -2.18. The van der Waals surface area contributed by atoms with Crippen molar-refractivity contribution in [1.29, 1.82) is 0 Å². The Bertz CT molecular complexity index is 463. The van der Waals surface area contributed by atoms with Gasteiger partial charge in [-0.1, -0.05) is 68.2 Å². The van der Waals surface area contributed by atoms with E-state index in [1.807, 2.05) is 6.92 Å². The van der Waals surface area contributed by atoms with Crippen molar-refractivity contribution in [2.45, 2.75) is 51.9 Å². The number of carbonyl (C=O) groups excluding carboxylic acids is 2. The van der Waals surface area contributed by atoms with E-state index in [9.17, 15) is 9.59 Å². The van der Waals surface area contributed by atoms with E-state index in [1.165, 1.54) is 19.3 Å². The molecule has 120 valence electrons. The van der Waals surface area contributed by atoms with Crippen LogP contribution in [-0.4, -0.2) is 18.4 Å². The quantitative estimate of drug-likeness (QED) is 0.195. The molecule has 1 aromatic rings. The van der Waals surface area contributed by atoms with E-state index in [1.54, 1.807) is 30.3 Å². The van der Waals surface area contributed by atoms with Gasteiger partial charge in [0.1, 0.15) is 0 Å². The minimum absolute atomic E-state index is 0.329. The van der Waals surface area contributed by atoms with Gasteiger partial charge in [0.2, 0.25) is 0 Å². The van der Waals surface area contributed by atoms with Gasteiger partial charge in [-0.3, -0.25) is 4.79 Å². The Morgan fingerprint density at radius 1 is 0.955 bits per heavy atom. The number of unbranched alkanes of at least 4 members (excludes halogenated alkanes) is 6. The molecule has 0 aliphatic heterocycles. The number of benzene rings is 1. The number of esters is 1. The monoisotopic (exact) mass is 302 g/mol. The van der Waals surface area contributed by atoms with E-state index in [-0.39, 0.29) is 0 Å². The summed E-state index contributed by atoms with van der Waals surface area (Å²) in [6.45, 7) is 2.37. The molecule has 0 atom stereocenters. The Morgan fingerprint density at radius 3 is 2.27 bits per heavy atom. The summed E-state index contributed by atoms with van der Waals surface area (Å²) in [4.78, 5) is 23.4. The Hall–Kier alpha value is -1.90. The van der Waals surface area contributed by atoms with Gasteiger partial charge in [0.25, 0.3) is 5.78 Å². The largest absolute Gasteiger partial charge is 0.460 e. The highest BCUT2D eigenvalue weighted by Gasteiger charge is 2.16. The van der Waals surface area contributed by atoms with Gasteiger partial charge in [-0.2, -0.15) is 0 Å². The Labute approximate surface area is 133 Å². The van der Waals surface area contributed by atoms with Gasteiger partial charge in [0, 0.05) is 5.56 Å². The molecule has 22 heavy (non-hydrogen) atoms. The molecule has 3 heteroatoms. The molecule has 3 nitrogen and oxygen atoms in total. The van der Waals surface area contributed by atoms with E-state index in [2.05, 4.69) is 12.2 Å². The molecule has 0 radical (unpaired) electrons. The van der Waals surface area contributed by atoms with Crippen LogP contribution >= 0.6 is 0 Å². The van der Waals surface area contributed by atoms with Crippen molar-refractivity contribution in [2.75, 3.05) is 6.61 Å². The number of carbonyl (C=O) groups is 2. The molecule has 1 rings (SSSR count).